The summed E-state index contributed by atoms with van der Waals surface area (Å²) in [6.45, 7) is 0.691. The van der Waals surface area contributed by atoms with E-state index in [1.165, 1.54) is 0 Å². The van der Waals surface area contributed by atoms with Crippen LogP contribution in [0.2, 0.25) is 0 Å². The maximum Gasteiger partial charge on any atom is 0.293 e. The Hall–Kier alpha value is -1.77. The van der Waals surface area contributed by atoms with Gasteiger partial charge in [-0.25, -0.2) is 0 Å². The first-order valence-electron chi connectivity index (χ1n) is 3.91. The van der Waals surface area contributed by atoms with Crippen LogP contribution in [0.25, 0.3) is 6.08 Å². The maximum atomic E-state index is 9.80. The fourth-order valence-electron chi connectivity index (χ4n) is 0.933. The highest BCUT2D eigenvalue weighted by molar-refractivity contribution is 5.64. The highest BCUT2D eigenvalue weighted by Gasteiger charge is 1.90. The fraction of sp³-hybridized carbons (Fsp3) is 0.100. The first kappa shape index (κ1) is 9.32. The minimum atomic E-state index is 0.276. The lowest BCUT2D eigenvalue weighted by atomic mass is 10.2. The van der Waals surface area contributed by atoms with Crippen LogP contribution in [0.5, 0.6) is 0 Å². The van der Waals surface area contributed by atoms with Gasteiger partial charge < -0.3 is 10.5 Å². The molecule has 1 aromatic rings. The summed E-state index contributed by atoms with van der Waals surface area (Å²) in [7, 11) is 0. The van der Waals surface area contributed by atoms with Gasteiger partial charge in [0.05, 0.1) is 0 Å². The SMILES string of the molecule is Nc1ccccc1/C=C/COC=O. The van der Waals surface area contributed by atoms with Crippen molar-refractivity contribution in [2.24, 2.45) is 0 Å². The molecule has 0 saturated heterocycles. The zero-order valence-corrected chi connectivity index (χ0v) is 7.14. The number of para-hydroxylation sites is 1. The Morgan fingerprint density at radius 2 is 2.15 bits per heavy atom. The Bertz CT molecular complexity index is 308. The third-order valence-corrected chi connectivity index (χ3v) is 1.55. The van der Waals surface area contributed by atoms with Gasteiger partial charge in [-0.05, 0) is 17.7 Å². The molecular weight excluding hydrogens is 166 g/mol. The number of carbonyl (C=O) groups excluding carboxylic acids is 1. The Kier molecular flexibility index (Phi) is 3.57. The van der Waals surface area contributed by atoms with Crippen molar-refractivity contribution < 1.29 is 9.53 Å². The fourth-order valence-corrected chi connectivity index (χ4v) is 0.933. The summed E-state index contributed by atoms with van der Waals surface area (Å²) in [5.41, 5.74) is 7.31. The van der Waals surface area contributed by atoms with Gasteiger partial charge in [0.2, 0.25) is 0 Å². The van der Waals surface area contributed by atoms with Crippen LogP contribution in [0.15, 0.2) is 30.3 Å². The molecule has 1 aromatic carbocycles. The Morgan fingerprint density at radius 3 is 2.85 bits per heavy atom. The zero-order valence-electron chi connectivity index (χ0n) is 7.14. The lowest BCUT2D eigenvalue weighted by molar-refractivity contribution is -0.127. The number of nitrogens with two attached hydrogens (primary N) is 1. The van der Waals surface area contributed by atoms with Gasteiger partial charge in [0.25, 0.3) is 6.47 Å². The molecule has 0 aliphatic heterocycles. The summed E-state index contributed by atoms with van der Waals surface area (Å²) in [5.74, 6) is 0. The van der Waals surface area contributed by atoms with Crippen molar-refractivity contribution in [3.63, 3.8) is 0 Å². The quantitative estimate of drug-likeness (QED) is 0.430. The third kappa shape index (κ3) is 2.99. The second-order valence-corrected chi connectivity index (χ2v) is 2.46. The highest BCUT2D eigenvalue weighted by atomic mass is 16.5. The van der Waals surface area contributed by atoms with Gasteiger partial charge in [0.15, 0.2) is 0 Å². The number of rotatable bonds is 4. The molecule has 0 radical (unpaired) electrons. The molecule has 2 N–H and O–H groups in total. The van der Waals surface area contributed by atoms with Crippen molar-refractivity contribution in [1.82, 2.24) is 0 Å². The van der Waals surface area contributed by atoms with E-state index in [4.69, 9.17) is 5.73 Å². The molecule has 0 unspecified atom stereocenters. The smallest absolute Gasteiger partial charge is 0.293 e. The van der Waals surface area contributed by atoms with Crippen LogP contribution in [0.1, 0.15) is 5.56 Å². The molecule has 0 aliphatic rings. The van der Waals surface area contributed by atoms with E-state index in [-0.39, 0.29) is 6.61 Å². The number of anilines is 1. The summed E-state index contributed by atoms with van der Waals surface area (Å²) >= 11 is 0. The van der Waals surface area contributed by atoms with Crippen LogP contribution in [-0.4, -0.2) is 13.1 Å². The summed E-state index contributed by atoms with van der Waals surface area (Å²) in [5, 5.41) is 0. The van der Waals surface area contributed by atoms with Gasteiger partial charge in [0.1, 0.15) is 6.61 Å². The molecule has 0 aromatic heterocycles. The van der Waals surface area contributed by atoms with E-state index in [9.17, 15) is 4.79 Å². The molecule has 0 aliphatic carbocycles. The van der Waals surface area contributed by atoms with Crippen LogP contribution in [0.3, 0.4) is 0 Å². The van der Waals surface area contributed by atoms with Gasteiger partial charge in [-0.3, -0.25) is 4.79 Å². The summed E-state index contributed by atoms with van der Waals surface area (Å²) in [6, 6.07) is 7.48. The van der Waals surface area contributed by atoms with E-state index in [0.717, 1.165) is 5.56 Å². The van der Waals surface area contributed by atoms with Gasteiger partial charge in [-0.2, -0.15) is 0 Å². The Labute approximate surface area is 76.8 Å². The first-order chi connectivity index (χ1) is 6.34. The van der Waals surface area contributed by atoms with E-state index in [0.29, 0.717) is 12.2 Å². The second kappa shape index (κ2) is 4.98. The Morgan fingerprint density at radius 1 is 1.38 bits per heavy atom. The zero-order chi connectivity index (χ0) is 9.52. The second-order valence-electron chi connectivity index (χ2n) is 2.46. The van der Waals surface area contributed by atoms with Crippen molar-refractivity contribution in [1.29, 1.82) is 0 Å². The minimum Gasteiger partial charge on any atom is -0.464 e. The number of ether oxygens (including phenoxy) is 1. The molecule has 3 nitrogen and oxygen atoms in total. The molecule has 3 heteroatoms. The molecule has 13 heavy (non-hydrogen) atoms. The van der Waals surface area contributed by atoms with Crippen LogP contribution in [-0.2, 0) is 9.53 Å². The molecular formula is C10H11NO2. The monoisotopic (exact) mass is 177 g/mol. The molecule has 0 atom stereocenters. The molecule has 0 bridgehead atoms. The number of hydrogen-bond donors (Lipinski definition) is 1. The average molecular weight is 177 g/mol. The lowest BCUT2D eigenvalue weighted by Crippen LogP contribution is -1.89. The number of benzene rings is 1. The van der Waals surface area contributed by atoms with E-state index in [1.807, 2.05) is 30.3 Å². The van der Waals surface area contributed by atoms with Crippen molar-refractivity contribution in [3.8, 4) is 0 Å². The average Bonchev–Trinajstić information content (AvgIpc) is 2.15. The molecule has 0 fully saturated rings. The third-order valence-electron chi connectivity index (χ3n) is 1.55. The molecule has 0 amide bonds. The standard InChI is InChI=1S/C10H11NO2/c11-10-6-2-1-4-9(10)5-3-7-13-8-12/h1-6,8H,7,11H2/b5-3+. The Balaban J connectivity index is 2.58. The maximum absolute atomic E-state index is 9.80. The van der Waals surface area contributed by atoms with E-state index in [2.05, 4.69) is 4.74 Å². The normalized spacial score (nSPS) is 10.2. The van der Waals surface area contributed by atoms with Crippen molar-refractivity contribution in [2.45, 2.75) is 0 Å². The molecule has 68 valence electrons. The number of nitrogen functional groups attached to an aromatic ring is 1. The highest BCUT2D eigenvalue weighted by Crippen LogP contribution is 2.11. The van der Waals surface area contributed by atoms with Crippen molar-refractivity contribution in [2.75, 3.05) is 12.3 Å². The largest absolute Gasteiger partial charge is 0.464 e. The van der Waals surface area contributed by atoms with Gasteiger partial charge in [-0.15, -0.1) is 0 Å². The van der Waals surface area contributed by atoms with Crippen molar-refractivity contribution in [3.05, 3.63) is 35.9 Å². The topological polar surface area (TPSA) is 52.3 Å². The number of carbonyl (C=O) groups is 1. The van der Waals surface area contributed by atoms with Gasteiger partial charge in [0, 0.05) is 5.69 Å². The van der Waals surface area contributed by atoms with E-state index in [1.54, 1.807) is 6.08 Å². The van der Waals surface area contributed by atoms with Gasteiger partial charge in [-0.1, -0.05) is 24.3 Å². The van der Waals surface area contributed by atoms with Crippen LogP contribution < -0.4 is 5.73 Å². The summed E-state index contributed by atoms with van der Waals surface area (Å²) in [4.78, 5) is 9.80. The first-order valence-corrected chi connectivity index (χ1v) is 3.91. The molecule has 1 rings (SSSR count). The molecule has 0 heterocycles. The summed E-state index contributed by atoms with van der Waals surface area (Å²) in [6.07, 6.45) is 3.55. The van der Waals surface area contributed by atoms with Crippen LogP contribution in [0.4, 0.5) is 5.69 Å². The summed E-state index contributed by atoms with van der Waals surface area (Å²) < 4.78 is 4.49. The lowest BCUT2D eigenvalue weighted by Gasteiger charge is -1.97. The predicted octanol–water partition coefficient (Wildman–Crippen LogP) is 1.46. The van der Waals surface area contributed by atoms with Gasteiger partial charge >= 0.3 is 0 Å². The minimum absolute atomic E-state index is 0.276. The number of hydrogen-bond acceptors (Lipinski definition) is 3. The predicted molar refractivity (Wildman–Crippen MR) is 51.9 cm³/mol. The van der Waals surface area contributed by atoms with E-state index < -0.39 is 0 Å². The molecule has 0 spiro atoms. The van der Waals surface area contributed by atoms with Crippen LogP contribution >= 0.6 is 0 Å². The van der Waals surface area contributed by atoms with Crippen LogP contribution in [0, 0.1) is 0 Å². The van der Waals surface area contributed by atoms with E-state index >= 15 is 0 Å². The van der Waals surface area contributed by atoms with Crippen molar-refractivity contribution >= 4 is 18.2 Å². The molecule has 0 saturated carbocycles.